The first-order valence-corrected chi connectivity index (χ1v) is 8.87. The summed E-state index contributed by atoms with van der Waals surface area (Å²) in [5, 5.41) is 0. The molecule has 2 unspecified atom stereocenters. The Kier molecular flexibility index (Phi) is 4.71. The van der Waals surface area contributed by atoms with Crippen LogP contribution in [-0.2, 0) is 4.79 Å². The van der Waals surface area contributed by atoms with Crippen molar-refractivity contribution >= 4 is 5.78 Å². The largest absolute Gasteiger partial charge is 0.299 e. The van der Waals surface area contributed by atoms with Crippen molar-refractivity contribution in [1.29, 1.82) is 0 Å². The van der Waals surface area contributed by atoms with Gasteiger partial charge in [0.2, 0.25) is 0 Å². The second-order valence-corrected chi connectivity index (χ2v) is 8.96. The molecule has 2 aliphatic carbocycles. The summed E-state index contributed by atoms with van der Waals surface area (Å²) in [6.45, 7) is 14.0. The van der Waals surface area contributed by atoms with Crippen molar-refractivity contribution in [3.8, 4) is 0 Å². The average Bonchev–Trinajstić information content (AvgIpc) is 2.73. The van der Waals surface area contributed by atoms with Gasteiger partial charge in [0, 0.05) is 12.3 Å². The molecule has 2 fully saturated rings. The molecule has 120 valence electrons. The predicted molar refractivity (Wildman–Crippen MR) is 90.1 cm³/mol. The minimum atomic E-state index is 0.268. The third-order valence-corrected chi connectivity index (χ3v) is 6.64. The molecule has 0 bridgehead atoms. The molecular formula is C20H34O. The molecule has 1 nitrogen and oxygen atoms in total. The van der Waals surface area contributed by atoms with E-state index in [0.29, 0.717) is 34.9 Å². The van der Waals surface area contributed by atoms with Gasteiger partial charge in [0.15, 0.2) is 0 Å². The summed E-state index contributed by atoms with van der Waals surface area (Å²) in [5.74, 6) is 2.78. The quantitative estimate of drug-likeness (QED) is 0.614. The van der Waals surface area contributed by atoms with E-state index in [1.165, 1.54) is 12.8 Å². The number of fused-ring (bicyclic) bond motifs is 1. The third kappa shape index (κ3) is 3.27. The number of hydrogen-bond donors (Lipinski definition) is 0. The van der Waals surface area contributed by atoms with E-state index in [-0.39, 0.29) is 5.41 Å². The molecule has 0 amide bonds. The van der Waals surface area contributed by atoms with Crippen molar-refractivity contribution in [2.45, 2.75) is 73.6 Å². The van der Waals surface area contributed by atoms with Gasteiger partial charge in [-0.3, -0.25) is 4.79 Å². The monoisotopic (exact) mass is 290 g/mol. The number of carbonyl (C=O) groups excluding carboxylic acids is 1. The zero-order valence-corrected chi connectivity index (χ0v) is 14.9. The smallest absolute Gasteiger partial charge is 0.136 e. The summed E-state index contributed by atoms with van der Waals surface area (Å²) < 4.78 is 0. The summed E-state index contributed by atoms with van der Waals surface area (Å²) in [6.07, 6.45) is 10.4. The highest BCUT2D eigenvalue weighted by Gasteiger charge is 2.51. The van der Waals surface area contributed by atoms with E-state index in [4.69, 9.17) is 0 Å². The summed E-state index contributed by atoms with van der Waals surface area (Å²) in [5.41, 5.74) is 0.600. The lowest BCUT2D eigenvalue weighted by atomic mass is 9.62. The molecule has 0 aromatic heterocycles. The summed E-state index contributed by atoms with van der Waals surface area (Å²) in [7, 11) is 0. The van der Waals surface area contributed by atoms with Crippen molar-refractivity contribution in [3.05, 3.63) is 12.2 Å². The number of ketones is 1. The van der Waals surface area contributed by atoms with Crippen molar-refractivity contribution in [2.75, 3.05) is 0 Å². The number of rotatable bonds is 3. The van der Waals surface area contributed by atoms with Gasteiger partial charge in [-0.05, 0) is 54.3 Å². The standard InChI is InChI=1S/C20H34O/c1-14(9-10-15(2)19(3,4)5)16-11-12-17-18(21)8-7-13-20(16,17)6/h9-10,14-17H,7-8,11-13H2,1-6H3/b10-9+/t14-,15+,16?,17?,20-/m1/s1. The van der Waals surface area contributed by atoms with Crippen molar-refractivity contribution < 1.29 is 4.79 Å². The summed E-state index contributed by atoms with van der Waals surface area (Å²) in [6, 6.07) is 0. The molecule has 0 aromatic carbocycles. The molecule has 1 heteroatoms. The first kappa shape index (κ1) is 16.8. The van der Waals surface area contributed by atoms with Crippen LogP contribution in [-0.4, -0.2) is 5.78 Å². The van der Waals surface area contributed by atoms with Gasteiger partial charge in [0.25, 0.3) is 0 Å². The Labute approximate surface area is 131 Å². The molecule has 2 rings (SSSR count). The highest BCUT2D eigenvalue weighted by molar-refractivity contribution is 5.83. The van der Waals surface area contributed by atoms with Gasteiger partial charge < -0.3 is 0 Å². The van der Waals surface area contributed by atoms with Crippen LogP contribution in [0.25, 0.3) is 0 Å². The van der Waals surface area contributed by atoms with E-state index in [2.05, 4.69) is 53.7 Å². The van der Waals surface area contributed by atoms with Gasteiger partial charge in [0.1, 0.15) is 5.78 Å². The van der Waals surface area contributed by atoms with Crippen LogP contribution in [0.15, 0.2) is 12.2 Å². The Bertz CT molecular complexity index is 414. The van der Waals surface area contributed by atoms with Gasteiger partial charge in [0.05, 0.1) is 0 Å². The van der Waals surface area contributed by atoms with Crippen LogP contribution in [0.1, 0.15) is 73.6 Å². The predicted octanol–water partition coefficient (Wildman–Crippen LogP) is 5.65. The average molecular weight is 290 g/mol. The summed E-state index contributed by atoms with van der Waals surface area (Å²) in [4.78, 5) is 12.2. The van der Waals surface area contributed by atoms with Crippen molar-refractivity contribution in [2.24, 2.45) is 34.5 Å². The lowest BCUT2D eigenvalue weighted by Crippen LogP contribution is -2.39. The Morgan fingerprint density at radius 1 is 1.19 bits per heavy atom. The maximum atomic E-state index is 12.2. The lowest BCUT2D eigenvalue weighted by molar-refractivity contribution is -0.129. The molecule has 0 spiro atoms. The number of allylic oxidation sites excluding steroid dienone is 2. The van der Waals surface area contributed by atoms with Crippen LogP contribution in [0, 0.1) is 34.5 Å². The third-order valence-electron chi connectivity index (χ3n) is 6.64. The van der Waals surface area contributed by atoms with Gasteiger partial charge in [-0.2, -0.15) is 0 Å². The van der Waals surface area contributed by atoms with Crippen LogP contribution < -0.4 is 0 Å². The van der Waals surface area contributed by atoms with Gasteiger partial charge in [-0.15, -0.1) is 0 Å². The number of hydrogen-bond acceptors (Lipinski definition) is 1. The molecule has 2 saturated carbocycles. The summed E-state index contributed by atoms with van der Waals surface area (Å²) >= 11 is 0. The molecule has 2 aliphatic rings. The molecule has 0 aromatic rings. The van der Waals surface area contributed by atoms with Crippen LogP contribution in [0.4, 0.5) is 0 Å². The van der Waals surface area contributed by atoms with Crippen LogP contribution >= 0.6 is 0 Å². The van der Waals surface area contributed by atoms with E-state index in [0.717, 1.165) is 19.3 Å². The molecule has 0 N–H and O–H groups in total. The fourth-order valence-electron chi connectivity index (χ4n) is 4.60. The van der Waals surface area contributed by atoms with Crippen molar-refractivity contribution in [3.63, 3.8) is 0 Å². The van der Waals surface area contributed by atoms with E-state index in [1.54, 1.807) is 0 Å². The minimum absolute atomic E-state index is 0.268. The highest BCUT2D eigenvalue weighted by atomic mass is 16.1. The minimum Gasteiger partial charge on any atom is -0.299 e. The van der Waals surface area contributed by atoms with E-state index < -0.39 is 0 Å². The highest BCUT2D eigenvalue weighted by Crippen LogP contribution is 2.56. The first-order valence-electron chi connectivity index (χ1n) is 8.87. The SMILES string of the molecule is C[C@H](/C=C/[C@H](C)C(C)(C)C)C1CCC2C(=O)CCC[C@@]21C. The molecule has 0 saturated heterocycles. The Hall–Kier alpha value is -0.590. The van der Waals surface area contributed by atoms with Crippen LogP contribution in [0.5, 0.6) is 0 Å². The zero-order chi connectivity index (χ0) is 15.8. The van der Waals surface area contributed by atoms with Crippen LogP contribution in [0.2, 0.25) is 0 Å². The molecule has 0 heterocycles. The number of Topliss-reactive ketones (excluding diaryl/α,β-unsaturated/α-hetero) is 1. The van der Waals surface area contributed by atoms with E-state index in [1.807, 2.05) is 0 Å². The fraction of sp³-hybridized carbons (Fsp3) is 0.850. The molecule has 5 atom stereocenters. The lowest BCUT2D eigenvalue weighted by Gasteiger charge is -2.41. The van der Waals surface area contributed by atoms with Gasteiger partial charge >= 0.3 is 0 Å². The number of carbonyl (C=O) groups is 1. The topological polar surface area (TPSA) is 17.1 Å². The normalized spacial score (nSPS) is 36.8. The Morgan fingerprint density at radius 3 is 2.48 bits per heavy atom. The van der Waals surface area contributed by atoms with Gasteiger partial charge in [-0.25, -0.2) is 0 Å². The Morgan fingerprint density at radius 2 is 1.86 bits per heavy atom. The maximum absolute atomic E-state index is 12.2. The molecular weight excluding hydrogens is 256 g/mol. The van der Waals surface area contributed by atoms with E-state index >= 15 is 0 Å². The van der Waals surface area contributed by atoms with Crippen molar-refractivity contribution in [1.82, 2.24) is 0 Å². The second kappa shape index (κ2) is 5.89. The van der Waals surface area contributed by atoms with Gasteiger partial charge in [-0.1, -0.05) is 53.7 Å². The molecule has 21 heavy (non-hydrogen) atoms. The maximum Gasteiger partial charge on any atom is 0.136 e. The zero-order valence-electron chi connectivity index (χ0n) is 14.9. The second-order valence-electron chi connectivity index (χ2n) is 8.96. The van der Waals surface area contributed by atoms with Crippen LogP contribution in [0.3, 0.4) is 0 Å². The molecule has 0 aliphatic heterocycles. The van der Waals surface area contributed by atoms with E-state index in [9.17, 15) is 4.79 Å². The molecule has 0 radical (unpaired) electrons. The fourth-order valence-corrected chi connectivity index (χ4v) is 4.60. The first-order chi connectivity index (χ1) is 9.66. The Balaban J connectivity index is 2.08.